The molecule has 0 N–H and O–H groups in total. The van der Waals surface area contributed by atoms with Gasteiger partial charge in [-0.25, -0.2) is 0 Å². The summed E-state index contributed by atoms with van der Waals surface area (Å²) in [6, 6.07) is 0. The van der Waals surface area contributed by atoms with Gasteiger partial charge in [0.15, 0.2) is 0 Å². The van der Waals surface area contributed by atoms with Gasteiger partial charge in [-0.2, -0.15) is 55.6 Å². The third-order valence-electron chi connectivity index (χ3n) is 6.19. The van der Waals surface area contributed by atoms with Crippen LogP contribution in [0.5, 0.6) is 0 Å². The normalized spacial score (nSPS) is 10.3. The van der Waals surface area contributed by atoms with Gasteiger partial charge in [0, 0.05) is 0 Å². The van der Waals surface area contributed by atoms with Crippen LogP contribution in [0, 0.1) is 55.4 Å². The van der Waals surface area contributed by atoms with E-state index in [1.54, 1.807) is 11.1 Å². The molecule has 0 heterocycles. The Labute approximate surface area is 194 Å². The minimum absolute atomic E-state index is 0. The molecular weight excluding hydrogens is 376 g/mol. The molecule has 0 saturated heterocycles. The number of hydrogen-bond donors (Lipinski definition) is 0. The van der Waals surface area contributed by atoms with Crippen molar-refractivity contribution in [1.82, 2.24) is 0 Å². The fourth-order valence-electron chi connectivity index (χ4n) is 3.84. The van der Waals surface area contributed by atoms with Gasteiger partial charge in [0.25, 0.3) is 0 Å². The molecule has 0 fully saturated rings. The molecule has 0 nitrogen and oxygen atoms in total. The minimum atomic E-state index is 0. The summed E-state index contributed by atoms with van der Waals surface area (Å²) in [5, 5.41) is 0. The minimum Gasteiger partial charge on any atom is -0.196 e. The largest absolute Gasteiger partial charge is 2.00 e. The summed E-state index contributed by atoms with van der Waals surface area (Å²) in [6.45, 7) is 22.4. The van der Waals surface area contributed by atoms with Gasteiger partial charge in [-0.3, -0.25) is 0 Å². The van der Waals surface area contributed by atoms with Gasteiger partial charge in [0.05, 0.1) is 0 Å². The molecule has 0 saturated carbocycles. The first-order chi connectivity index (χ1) is 11.2. The molecule has 0 aromatic heterocycles. The van der Waals surface area contributed by atoms with Gasteiger partial charge in [-0.05, 0) is 0 Å². The molecule has 2 aromatic rings. The summed E-state index contributed by atoms with van der Waals surface area (Å²) in [6.07, 6.45) is 4.99. The van der Waals surface area contributed by atoms with Crippen LogP contribution in [0.2, 0.25) is 0 Å². The molecule has 2 aromatic carbocycles. The number of rotatable bonds is 4. The van der Waals surface area contributed by atoms with Crippen LogP contribution in [-0.4, -0.2) is 45.5 Å². The Bertz CT molecular complexity index is 569. The molecule has 0 radical (unpaired) electrons. The zero-order valence-electron chi connectivity index (χ0n) is 18.5. The summed E-state index contributed by atoms with van der Waals surface area (Å²) < 4.78 is 0. The van der Waals surface area contributed by atoms with E-state index in [-0.39, 0.29) is 45.5 Å². The maximum Gasteiger partial charge on any atom is 2.00 e. The zero-order chi connectivity index (χ0) is 18.6. The van der Waals surface area contributed by atoms with Crippen LogP contribution in [0.25, 0.3) is 0 Å². The maximum absolute atomic E-state index is 2.25. The molecule has 0 unspecified atom stereocenters. The average molecular weight is 414 g/mol. The topological polar surface area (TPSA) is 0 Å². The first-order valence-electron chi connectivity index (χ1n) is 9.62. The van der Waals surface area contributed by atoms with E-state index >= 15 is 0 Å². The van der Waals surface area contributed by atoms with Crippen LogP contribution in [0.15, 0.2) is 0 Å². The second-order valence-corrected chi connectivity index (χ2v) is 7.46. The standard InChI is InChI=1S/2C12H19.Sr/c2*1-6-7-12-10(4)8(2)9(3)11(12)5;/h2*6-7H2,1-5H3;/q2*-1;+2. The van der Waals surface area contributed by atoms with E-state index in [9.17, 15) is 0 Å². The molecular formula is C24H38Sr. The van der Waals surface area contributed by atoms with Crippen molar-refractivity contribution < 1.29 is 0 Å². The molecule has 25 heavy (non-hydrogen) atoms. The summed E-state index contributed by atoms with van der Waals surface area (Å²) in [5.74, 6) is 0. The van der Waals surface area contributed by atoms with Crippen LogP contribution < -0.4 is 0 Å². The second-order valence-electron chi connectivity index (χ2n) is 7.46. The third-order valence-corrected chi connectivity index (χ3v) is 6.19. The summed E-state index contributed by atoms with van der Waals surface area (Å²) >= 11 is 0. The van der Waals surface area contributed by atoms with Gasteiger partial charge in [0.1, 0.15) is 0 Å². The number of hydrogen-bond acceptors (Lipinski definition) is 0. The molecule has 0 aliphatic rings. The van der Waals surface area contributed by atoms with Gasteiger partial charge < -0.3 is 0 Å². The fourth-order valence-corrected chi connectivity index (χ4v) is 3.84. The van der Waals surface area contributed by atoms with Crippen LogP contribution >= 0.6 is 0 Å². The van der Waals surface area contributed by atoms with Gasteiger partial charge >= 0.3 is 45.5 Å². The molecule has 0 aliphatic carbocycles. The van der Waals surface area contributed by atoms with Crippen molar-refractivity contribution in [3.05, 3.63) is 55.6 Å². The van der Waals surface area contributed by atoms with Gasteiger partial charge in [-0.15, -0.1) is 0 Å². The molecule has 136 valence electrons. The Morgan fingerprint density at radius 2 is 0.840 bits per heavy atom. The summed E-state index contributed by atoms with van der Waals surface area (Å²) in [5.41, 5.74) is 15.2. The third kappa shape index (κ3) is 5.58. The molecule has 0 atom stereocenters. The van der Waals surface area contributed by atoms with E-state index in [0.29, 0.717) is 0 Å². The molecule has 0 amide bonds. The Morgan fingerprint density at radius 1 is 0.560 bits per heavy atom. The van der Waals surface area contributed by atoms with Gasteiger partial charge in [-0.1, -0.05) is 94.9 Å². The van der Waals surface area contributed by atoms with Crippen molar-refractivity contribution >= 4 is 45.5 Å². The van der Waals surface area contributed by atoms with E-state index < -0.39 is 0 Å². The fraction of sp³-hybridized carbons (Fsp3) is 0.583. The second kappa shape index (κ2) is 11.1. The van der Waals surface area contributed by atoms with Crippen molar-refractivity contribution in [3.8, 4) is 0 Å². The summed E-state index contributed by atoms with van der Waals surface area (Å²) in [7, 11) is 0. The first-order valence-corrected chi connectivity index (χ1v) is 9.62. The molecule has 0 aliphatic heterocycles. The van der Waals surface area contributed by atoms with E-state index in [1.165, 1.54) is 70.2 Å². The van der Waals surface area contributed by atoms with Crippen LogP contribution in [0.1, 0.15) is 82.3 Å². The zero-order valence-corrected chi connectivity index (χ0v) is 22.0. The van der Waals surface area contributed by atoms with Crippen molar-refractivity contribution in [3.63, 3.8) is 0 Å². The Morgan fingerprint density at radius 3 is 1.00 bits per heavy atom. The SMILES string of the molecule is CCCc1c(C)c(C)c(C)[c-]1C.CCCc1c(C)c(C)c(C)[c-]1C.[Sr+2]. The van der Waals surface area contributed by atoms with Crippen LogP contribution in [0.4, 0.5) is 0 Å². The van der Waals surface area contributed by atoms with Gasteiger partial charge in [0.2, 0.25) is 0 Å². The first kappa shape index (κ1) is 25.2. The monoisotopic (exact) mass is 414 g/mol. The Kier molecular flexibility index (Phi) is 11.2. The smallest absolute Gasteiger partial charge is 0.196 e. The van der Waals surface area contributed by atoms with Crippen molar-refractivity contribution in [2.24, 2.45) is 0 Å². The van der Waals surface area contributed by atoms with E-state index in [0.717, 1.165) is 0 Å². The predicted octanol–water partition coefficient (Wildman–Crippen LogP) is 6.80. The Balaban J connectivity index is 0.000000443. The van der Waals surface area contributed by atoms with Crippen LogP contribution in [0.3, 0.4) is 0 Å². The predicted molar refractivity (Wildman–Crippen MR) is 116 cm³/mol. The molecule has 0 spiro atoms. The molecule has 0 bridgehead atoms. The maximum atomic E-state index is 2.25. The average Bonchev–Trinajstić information content (AvgIpc) is 2.86. The molecule has 2 rings (SSSR count). The van der Waals surface area contributed by atoms with Crippen molar-refractivity contribution in [2.45, 2.75) is 94.9 Å². The quantitative estimate of drug-likeness (QED) is 0.381. The Hall–Kier alpha value is 0.181. The van der Waals surface area contributed by atoms with E-state index in [4.69, 9.17) is 0 Å². The van der Waals surface area contributed by atoms with Crippen molar-refractivity contribution in [2.75, 3.05) is 0 Å². The van der Waals surface area contributed by atoms with E-state index in [2.05, 4.69) is 69.2 Å². The molecule has 1 heteroatoms. The summed E-state index contributed by atoms with van der Waals surface area (Å²) in [4.78, 5) is 0. The van der Waals surface area contributed by atoms with E-state index in [1.807, 2.05) is 0 Å². The van der Waals surface area contributed by atoms with Crippen molar-refractivity contribution in [1.29, 1.82) is 0 Å². The van der Waals surface area contributed by atoms with Crippen LogP contribution in [-0.2, 0) is 12.8 Å².